The van der Waals surface area contributed by atoms with Gasteiger partial charge in [0.1, 0.15) is 17.1 Å². The van der Waals surface area contributed by atoms with Crippen molar-refractivity contribution >= 4 is 16.9 Å². The number of amides is 1. The summed E-state index contributed by atoms with van der Waals surface area (Å²) in [5.74, 6) is -0.156. The molecule has 0 saturated heterocycles. The van der Waals surface area contributed by atoms with E-state index in [1.54, 1.807) is 14.2 Å². The van der Waals surface area contributed by atoms with E-state index in [9.17, 15) is 18.8 Å². The number of methoxy groups -OCH3 is 1. The van der Waals surface area contributed by atoms with Gasteiger partial charge in [0, 0.05) is 19.8 Å². The van der Waals surface area contributed by atoms with Crippen LogP contribution in [0, 0.1) is 5.82 Å². The Labute approximate surface area is 181 Å². The van der Waals surface area contributed by atoms with Gasteiger partial charge in [-0.3, -0.25) is 9.59 Å². The minimum atomic E-state index is -0.717. The molecule has 2 aromatic heterocycles. The normalized spacial score (nSPS) is 11.0. The molecular formula is C23H21FN4O4. The molecule has 0 saturated carbocycles. The summed E-state index contributed by atoms with van der Waals surface area (Å²) in [5, 5.41) is 2.82. The molecule has 8 nitrogen and oxygen atoms in total. The van der Waals surface area contributed by atoms with Gasteiger partial charge >= 0.3 is 5.69 Å². The molecule has 0 fully saturated rings. The molecule has 0 aliphatic carbocycles. The van der Waals surface area contributed by atoms with Crippen molar-refractivity contribution in [2.24, 2.45) is 7.05 Å². The van der Waals surface area contributed by atoms with Gasteiger partial charge in [-0.15, -0.1) is 0 Å². The minimum Gasteiger partial charge on any atom is -0.497 e. The third-order valence-electron chi connectivity index (χ3n) is 5.19. The van der Waals surface area contributed by atoms with Crippen molar-refractivity contribution in [3.05, 3.63) is 92.5 Å². The monoisotopic (exact) mass is 436 g/mol. The van der Waals surface area contributed by atoms with Gasteiger partial charge in [0.2, 0.25) is 0 Å². The Morgan fingerprint density at radius 3 is 2.62 bits per heavy atom. The standard InChI is InChI=1S/C23H21FN4O4/c1-27-13-18(21(29)25-11-10-14-4-3-5-17(12-14)32-2)19-20(27)22(30)28(23(31)26-19)16-8-6-15(24)7-9-16/h3-9,12-13H,10-11H2,1-2H3,(H,25,29)(H,26,31). The highest BCUT2D eigenvalue weighted by Gasteiger charge is 2.20. The lowest BCUT2D eigenvalue weighted by Crippen LogP contribution is -2.34. The zero-order valence-corrected chi connectivity index (χ0v) is 17.5. The number of aromatic nitrogens is 3. The fraction of sp³-hybridized carbons (Fsp3) is 0.174. The highest BCUT2D eigenvalue weighted by Crippen LogP contribution is 2.16. The number of aromatic amines is 1. The first-order chi connectivity index (χ1) is 15.4. The second kappa shape index (κ2) is 8.54. The van der Waals surface area contributed by atoms with E-state index < -0.39 is 23.0 Å². The predicted octanol–water partition coefficient (Wildman–Crippen LogP) is 2.14. The molecule has 2 heterocycles. The number of aryl methyl sites for hydroxylation is 1. The van der Waals surface area contributed by atoms with Crippen LogP contribution in [0.1, 0.15) is 15.9 Å². The highest BCUT2D eigenvalue weighted by atomic mass is 19.1. The van der Waals surface area contributed by atoms with Crippen LogP contribution in [0.3, 0.4) is 0 Å². The lowest BCUT2D eigenvalue weighted by atomic mass is 10.1. The summed E-state index contributed by atoms with van der Waals surface area (Å²) in [7, 11) is 3.20. The minimum absolute atomic E-state index is 0.153. The molecule has 0 aliphatic rings. The molecule has 1 amide bonds. The van der Waals surface area contributed by atoms with Crippen LogP contribution in [0.4, 0.5) is 4.39 Å². The molecule has 0 atom stereocenters. The van der Waals surface area contributed by atoms with E-state index in [4.69, 9.17) is 4.74 Å². The Hall–Kier alpha value is -4.14. The molecule has 0 aliphatic heterocycles. The predicted molar refractivity (Wildman–Crippen MR) is 118 cm³/mol. The smallest absolute Gasteiger partial charge is 0.333 e. The number of carbonyl (C=O) groups excluding carboxylic acids is 1. The maximum atomic E-state index is 13.2. The molecule has 2 N–H and O–H groups in total. The summed E-state index contributed by atoms with van der Waals surface area (Å²) in [5.41, 5.74) is 0.405. The SMILES string of the molecule is COc1cccc(CCNC(=O)c2cn(C)c3c(=O)n(-c4ccc(F)cc4)c(=O)[nH]c23)c1. The summed E-state index contributed by atoms with van der Waals surface area (Å²) in [4.78, 5) is 41.1. The van der Waals surface area contributed by atoms with E-state index in [0.717, 1.165) is 28.0 Å². The van der Waals surface area contributed by atoms with Crippen LogP contribution in [0.5, 0.6) is 5.75 Å². The number of H-pyrrole nitrogens is 1. The van der Waals surface area contributed by atoms with Crippen molar-refractivity contribution in [1.29, 1.82) is 0 Å². The van der Waals surface area contributed by atoms with Gasteiger partial charge in [0.05, 0.1) is 23.9 Å². The number of benzene rings is 2. The Kier molecular flexibility index (Phi) is 5.63. The molecule has 0 unspecified atom stereocenters. The molecule has 32 heavy (non-hydrogen) atoms. The molecule has 164 valence electrons. The van der Waals surface area contributed by atoms with Crippen molar-refractivity contribution in [3.63, 3.8) is 0 Å². The summed E-state index contributed by atoms with van der Waals surface area (Å²) in [6.07, 6.45) is 2.08. The Bertz CT molecular complexity index is 1420. The summed E-state index contributed by atoms with van der Waals surface area (Å²) < 4.78 is 20.8. The third-order valence-corrected chi connectivity index (χ3v) is 5.19. The van der Waals surface area contributed by atoms with Crippen molar-refractivity contribution in [1.82, 2.24) is 19.4 Å². The number of hydrogen-bond donors (Lipinski definition) is 2. The number of fused-ring (bicyclic) bond motifs is 1. The topological polar surface area (TPSA) is 98.1 Å². The van der Waals surface area contributed by atoms with Crippen LogP contribution >= 0.6 is 0 Å². The average Bonchev–Trinajstić information content (AvgIpc) is 3.11. The van der Waals surface area contributed by atoms with Crippen LogP contribution in [0.15, 0.2) is 64.3 Å². The first-order valence-corrected chi connectivity index (χ1v) is 9.90. The van der Waals surface area contributed by atoms with Crippen LogP contribution in [0.2, 0.25) is 0 Å². The van der Waals surface area contributed by atoms with Gasteiger partial charge in [0.25, 0.3) is 11.5 Å². The van der Waals surface area contributed by atoms with Gasteiger partial charge in [-0.1, -0.05) is 12.1 Å². The maximum Gasteiger partial charge on any atom is 0.333 e. The lowest BCUT2D eigenvalue weighted by molar-refractivity contribution is 0.0955. The molecule has 2 aromatic carbocycles. The van der Waals surface area contributed by atoms with Crippen molar-refractivity contribution < 1.29 is 13.9 Å². The average molecular weight is 436 g/mol. The number of nitrogens with one attached hydrogen (secondary N) is 2. The first kappa shape index (κ1) is 21.1. The number of nitrogens with zero attached hydrogens (tertiary/aromatic N) is 2. The number of carbonyl (C=O) groups is 1. The van der Waals surface area contributed by atoms with Gasteiger partial charge in [0.15, 0.2) is 0 Å². The van der Waals surface area contributed by atoms with Crippen LogP contribution < -0.4 is 21.3 Å². The summed E-state index contributed by atoms with van der Waals surface area (Å²) in [6.45, 7) is 0.360. The number of ether oxygens (including phenoxy) is 1. The number of rotatable bonds is 6. The lowest BCUT2D eigenvalue weighted by Gasteiger charge is -2.07. The van der Waals surface area contributed by atoms with Crippen LogP contribution in [-0.4, -0.2) is 33.7 Å². The maximum absolute atomic E-state index is 13.2. The second-order valence-electron chi connectivity index (χ2n) is 7.28. The summed E-state index contributed by atoms with van der Waals surface area (Å²) in [6, 6.07) is 12.5. The largest absolute Gasteiger partial charge is 0.497 e. The number of hydrogen-bond acceptors (Lipinski definition) is 4. The third kappa shape index (κ3) is 3.92. The fourth-order valence-corrected chi connectivity index (χ4v) is 3.61. The van der Waals surface area contributed by atoms with E-state index in [1.165, 1.54) is 22.9 Å². The van der Waals surface area contributed by atoms with Crippen LogP contribution in [-0.2, 0) is 13.5 Å². The molecule has 4 aromatic rings. The van der Waals surface area contributed by atoms with E-state index >= 15 is 0 Å². The van der Waals surface area contributed by atoms with Crippen molar-refractivity contribution in [3.8, 4) is 11.4 Å². The highest BCUT2D eigenvalue weighted by molar-refractivity contribution is 6.05. The molecular weight excluding hydrogens is 415 g/mol. The quantitative estimate of drug-likeness (QED) is 0.484. The van der Waals surface area contributed by atoms with Gasteiger partial charge in [-0.05, 0) is 48.4 Å². The Balaban J connectivity index is 1.62. The molecule has 0 radical (unpaired) electrons. The Morgan fingerprint density at radius 1 is 1.16 bits per heavy atom. The Morgan fingerprint density at radius 2 is 1.91 bits per heavy atom. The van der Waals surface area contributed by atoms with E-state index in [0.29, 0.717) is 13.0 Å². The molecule has 0 spiro atoms. The van der Waals surface area contributed by atoms with E-state index in [-0.39, 0.29) is 22.3 Å². The molecule has 4 rings (SSSR count). The van der Waals surface area contributed by atoms with E-state index in [2.05, 4.69) is 10.3 Å². The zero-order valence-electron chi connectivity index (χ0n) is 17.5. The van der Waals surface area contributed by atoms with E-state index in [1.807, 2.05) is 24.3 Å². The van der Waals surface area contributed by atoms with Crippen molar-refractivity contribution in [2.75, 3.05) is 13.7 Å². The fourth-order valence-electron chi connectivity index (χ4n) is 3.61. The van der Waals surface area contributed by atoms with Crippen LogP contribution in [0.25, 0.3) is 16.7 Å². The first-order valence-electron chi connectivity index (χ1n) is 9.90. The second-order valence-corrected chi connectivity index (χ2v) is 7.28. The number of halogens is 1. The van der Waals surface area contributed by atoms with Crippen molar-refractivity contribution in [2.45, 2.75) is 6.42 Å². The van der Waals surface area contributed by atoms with Gasteiger partial charge in [-0.25, -0.2) is 13.8 Å². The zero-order chi connectivity index (χ0) is 22.8. The van der Waals surface area contributed by atoms with Gasteiger partial charge < -0.3 is 19.6 Å². The molecule has 0 bridgehead atoms. The van der Waals surface area contributed by atoms with Gasteiger partial charge in [-0.2, -0.15) is 0 Å². The molecule has 9 heteroatoms. The summed E-state index contributed by atoms with van der Waals surface area (Å²) >= 11 is 0.